The Morgan fingerprint density at radius 2 is 1.46 bits per heavy atom. The summed E-state index contributed by atoms with van der Waals surface area (Å²) in [5.74, 6) is 0.0856. The van der Waals surface area contributed by atoms with Gasteiger partial charge in [-0.3, -0.25) is 4.79 Å². The molecule has 0 aliphatic carbocycles. The fourth-order valence-electron chi connectivity index (χ4n) is 5.82. The molecule has 2 aliphatic heterocycles. The number of halogens is 6. The molecule has 0 radical (unpaired) electrons. The number of ether oxygens (including phenoxy) is 1. The molecule has 246 valence electrons. The Labute approximate surface area is 262 Å². The van der Waals surface area contributed by atoms with Gasteiger partial charge in [0.2, 0.25) is 0 Å². The topological polar surface area (TPSA) is 82.7 Å². The Kier molecular flexibility index (Phi) is 10.1. The molecule has 5 rings (SSSR count). The summed E-state index contributed by atoms with van der Waals surface area (Å²) in [5, 5.41) is 7.37. The minimum Gasteiger partial charge on any atom is -0.376 e. The van der Waals surface area contributed by atoms with Crippen LogP contribution in [0.1, 0.15) is 52.7 Å². The molecule has 7 nitrogen and oxygen atoms in total. The van der Waals surface area contributed by atoms with Crippen LogP contribution in [0.3, 0.4) is 0 Å². The Balaban J connectivity index is 1.32. The SMILES string of the molecule is O=C(Nc1cc(C(F)(F)F)cc(C(F)(F)F)c1)Nc1ccc(N2CCC(Cc3ccccc3)CC2)c(C(=O)NCC2CCCO2)c1. The van der Waals surface area contributed by atoms with E-state index in [0.29, 0.717) is 50.0 Å². The van der Waals surface area contributed by atoms with E-state index < -0.39 is 41.1 Å². The summed E-state index contributed by atoms with van der Waals surface area (Å²) in [4.78, 5) is 28.3. The fourth-order valence-corrected chi connectivity index (χ4v) is 5.82. The minimum atomic E-state index is -5.06. The Bertz CT molecular complexity index is 1480. The molecule has 1 unspecified atom stereocenters. The Hall–Kier alpha value is -4.26. The van der Waals surface area contributed by atoms with E-state index in [1.807, 2.05) is 18.2 Å². The summed E-state index contributed by atoms with van der Waals surface area (Å²) in [5.41, 5.74) is -1.48. The molecule has 2 saturated heterocycles. The third kappa shape index (κ3) is 8.71. The van der Waals surface area contributed by atoms with Crippen molar-refractivity contribution in [3.8, 4) is 0 Å². The number of nitrogens with zero attached hydrogens (tertiary/aromatic N) is 1. The van der Waals surface area contributed by atoms with Gasteiger partial charge in [-0.2, -0.15) is 26.3 Å². The van der Waals surface area contributed by atoms with Crippen LogP contribution in [0.4, 0.5) is 48.2 Å². The molecule has 13 heteroatoms. The van der Waals surface area contributed by atoms with E-state index in [-0.39, 0.29) is 23.4 Å². The van der Waals surface area contributed by atoms with E-state index in [9.17, 15) is 35.9 Å². The highest BCUT2D eigenvalue weighted by atomic mass is 19.4. The zero-order chi connectivity index (χ0) is 32.9. The lowest BCUT2D eigenvalue weighted by molar-refractivity contribution is -0.143. The van der Waals surface area contributed by atoms with Crippen molar-refractivity contribution in [3.05, 3.63) is 89.0 Å². The quantitative estimate of drug-likeness (QED) is 0.218. The molecule has 3 amide bonds. The van der Waals surface area contributed by atoms with Crippen molar-refractivity contribution in [1.29, 1.82) is 0 Å². The predicted octanol–water partition coefficient (Wildman–Crippen LogP) is 7.74. The van der Waals surface area contributed by atoms with Crippen LogP contribution in [-0.4, -0.2) is 44.3 Å². The molecule has 2 heterocycles. The third-order valence-corrected chi connectivity index (χ3v) is 8.18. The van der Waals surface area contributed by atoms with E-state index in [0.717, 1.165) is 32.1 Å². The molecule has 3 aromatic carbocycles. The smallest absolute Gasteiger partial charge is 0.376 e. The van der Waals surface area contributed by atoms with Crippen molar-refractivity contribution in [3.63, 3.8) is 0 Å². The third-order valence-electron chi connectivity index (χ3n) is 8.18. The van der Waals surface area contributed by atoms with Gasteiger partial charge >= 0.3 is 18.4 Å². The van der Waals surface area contributed by atoms with Crippen LogP contribution in [0, 0.1) is 5.92 Å². The molecule has 0 bridgehead atoms. The summed E-state index contributed by atoms with van der Waals surface area (Å²) < 4.78 is 85.2. The number of alkyl halides is 6. The van der Waals surface area contributed by atoms with E-state index in [1.165, 1.54) is 17.7 Å². The largest absolute Gasteiger partial charge is 0.416 e. The Morgan fingerprint density at radius 1 is 0.804 bits per heavy atom. The summed E-state index contributed by atoms with van der Waals surface area (Å²) in [6.07, 6.45) is -5.75. The number of carbonyl (C=O) groups excluding carboxylic acids is 2. The highest BCUT2D eigenvalue weighted by Crippen LogP contribution is 2.38. The van der Waals surface area contributed by atoms with Gasteiger partial charge in [0.1, 0.15) is 0 Å². The summed E-state index contributed by atoms with van der Waals surface area (Å²) in [6, 6.07) is 14.6. The van der Waals surface area contributed by atoms with E-state index in [4.69, 9.17) is 4.74 Å². The van der Waals surface area contributed by atoms with Gasteiger partial charge in [-0.05, 0) is 80.0 Å². The average molecular weight is 649 g/mol. The maximum atomic E-state index is 13.4. The molecule has 46 heavy (non-hydrogen) atoms. The van der Waals surface area contributed by atoms with E-state index >= 15 is 0 Å². The zero-order valence-corrected chi connectivity index (χ0v) is 24.8. The highest BCUT2D eigenvalue weighted by Gasteiger charge is 2.37. The second kappa shape index (κ2) is 14.0. The van der Waals surface area contributed by atoms with Crippen LogP contribution >= 0.6 is 0 Å². The number of nitrogens with one attached hydrogen (secondary N) is 3. The van der Waals surface area contributed by atoms with Gasteiger partial charge in [-0.25, -0.2) is 4.79 Å². The second-order valence-electron chi connectivity index (χ2n) is 11.6. The van der Waals surface area contributed by atoms with Gasteiger partial charge in [0, 0.05) is 43.3 Å². The van der Waals surface area contributed by atoms with Gasteiger partial charge in [0.05, 0.1) is 22.8 Å². The molecular formula is C33H34F6N4O3. The van der Waals surface area contributed by atoms with Crippen molar-refractivity contribution < 1.29 is 40.7 Å². The van der Waals surface area contributed by atoms with Crippen molar-refractivity contribution in [2.45, 2.75) is 50.6 Å². The molecule has 0 saturated carbocycles. The van der Waals surface area contributed by atoms with Crippen LogP contribution in [0.15, 0.2) is 66.7 Å². The standard InChI is InChI=1S/C33H34F6N4O3/c34-32(35,36)23-16-24(33(37,38)39)18-26(17-23)42-31(45)41-25-8-9-29(28(19-25)30(44)40-20-27-7-4-14-46-27)43-12-10-22(11-13-43)15-21-5-2-1-3-6-21/h1-3,5-6,8-9,16-19,22,27H,4,7,10-15,20H2,(H,40,44)(H2,41,42,45). The molecule has 0 aromatic heterocycles. The highest BCUT2D eigenvalue weighted by molar-refractivity contribution is 6.04. The summed E-state index contributed by atoms with van der Waals surface area (Å²) >= 11 is 0. The number of piperidine rings is 1. The van der Waals surface area contributed by atoms with Gasteiger partial charge in [0.15, 0.2) is 0 Å². The van der Waals surface area contributed by atoms with Gasteiger partial charge in [-0.15, -0.1) is 0 Å². The number of carbonyl (C=O) groups is 2. The van der Waals surface area contributed by atoms with E-state index in [2.05, 4.69) is 33.0 Å². The lowest BCUT2D eigenvalue weighted by Crippen LogP contribution is -2.37. The summed E-state index contributed by atoms with van der Waals surface area (Å²) in [6.45, 7) is 2.32. The van der Waals surface area contributed by atoms with Crippen molar-refractivity contribution >= 4 is 29.0 Å². The minimum absolute atomic E-state index is 0.0201. The first-order valence-electron chi connectivity index (χ1n) is 15.1. The average Bonchev–Trinajstić information content (AvgIpc) is 3.54. The van der Waals surface area contributed by atoms with Crippen molar-refractivity contribution in [2.24, 2.45) is 5.92 Å². The molecular weight excluding hydrogens is 614 g/mol. The van der Waals surface area contributed by atoms with Gasteiger partial charge in [-0.1, -0.05) is 30.3 Å². The lowest BCUT2D eigenvalue weighted by Gasteiger charge is -2.35. The number of hydrogen-bond donors (Lipinski definition) is 3. The number of rotatable bonds is 8. The van der Waals surface area contributed by atoms with Gasteiger partial charge < -0.3 is 25.6 Å². The summed E-state index contributed by atoms with van der Waals surface area (Å²) in [7, 11) is 0. The van der Waals surface area contributed by atoms with Crippen LogP contribution in [0.5, 0.6) is 0 Å². The van der Waals surface area contributed by atoms with Crippen LogP contribution < -0.4 is 20.9 Å². The number of urea groups is 1. The molecule has 3 aromatic rings. The second-order valence-corrected chi connectivity index (χ2v) is 11.6. The number of anilines is 3. The number of benzene rings is 3. The molecule has 2 aliphatic rings. The van der Waals surface area contributed by atoms with Crippen LogP contribution in [0.25, 0.3) is 0 Å². The molecule has 2 fully saturated rings. The zero-order valence-electron chi connectivity index (χ0n) is 24.8. The first-order chi connectivity index (χ1) is 21.8. The lowest BCUT2D eigenvalue weighted by atomic mass is 9.89. The first-order valence-corrected chi connectivity index (χ1v) is 15.1. The molecule has 3 N–H and O–H groups in total. The van der Waals surface area contributed by atoms with Crippen LogP contribution in [-0.2, 0) is 23.5 Å². The number of amides is 3. The first kappa shape index (κ1) is 33.1. The van der Waals surface area contributed by atoms with E-state index in [1.54, 1.807) is 6.07 Å². The predicted molar refractivity (Wildman–Crippen MR) is 162 cm³/mol. The van der Waals surface area contributed by atoms with Crippen LogP contribution in [0.2, 0.25) is 0 Å². The normalized spacial score (nSPS) is 17.5. The molecule has 1 atom stereocenters. The molecule has 0 spiro atoms. The van der Waals surface area contributed by atoms with Crippen molar-refractivity contribution in [2.75, 3.05) is 41.8 Å². The maximum Gasteiger partial charge on any atom is 0.416 e. The fraction of sp³-hybridized carbons (Fsp3) is 0.394. The monoisotopic (exact) mass is 648 g/mol. The Morgan fingerprint density at radius 3 is 2.07 bits per heavy atom. The number of hydrogen-bond acceptors (Lipinski definition) is 4. The van der Waals surface area contributed by atoms with Crippen molar-refractivity contribution in [1.82, 2.24) is 5.32 Å². The maximum absolute atomic E-state index is 13.4. The van der Waals surface area contributed by atoms with Gasteiger partial charge in [0.25, 0.3) is 5.91 Å².